The fourth-order valence-electron chi connectivity index (χ4n) is 4.66. The van der Waals surface area contributed by atoms with Gasteiger partial charge in [-0.05, 0) is 70.5 Å². The van der Waals surface area contributed by atoms with Crippen molar-refractivity contribution in [3.05, 3.63) is 96.3 Å². The van der Waals surface area contributed by atoms with E-state index in [-0.39, 0.29) is 4.90 Å². The van der Waals surface area contributed by atoms with Crippen molar-refractivity contribution in [3.8, 4) is 0 Å². The smallest absolute Gasteiger partial charge is 0.282 e. The van der Waals surface area contributed by atoms with Crippen molar-refractivity contribution in [3.63, 3.8) is 0 Å². The van der Waals surface area contributed by atoms with Gasteiger partial charge in [-0.25, -0.2) is 0 Å². The number of fused-ring (bicyclic) bond motifs is 6. The van der Waals surface area contributed by atoms with Gasteiger partial charge >= 0.3 is 0 Å². The molecular formula is C27H23NO3S. The number of hydrogen-bond acceptors (Lipinski definition) is 3. The molecule has 0 saturated carbocycles. The molecule has 1 aliphatic rings. The van der Waals surface area contributed by atoms with E-state index < -0.39 is 10.1 Å². The van der Waals surface area contributed by atoms with Gasteiger partial charge in [-0.2, -0.15) is 8.42 Å². The summed E-state index contributed by atoms with van der Waals surface area (Å²) in [6.45, 7) is 0. The first kappa shape index (κ1) is 20.6. The maximum Gasteiger partial charge on any atom is 0.295 e. The molecule has 0 radical (unpaired) electrons. The summed E-state index contributed by atoms with van der Waals surface area (Å²) in [6, 6.07) is 24.2. The molecule has 160 valence electrons. The molecule has 1 N–H and O–H groups in total. The van der Waals surface area contributed by atoms with Crippen molar-refractivity contribution >= 4 is 42.4 Å². The van der Waals surface area contributed by atoms with Gasteiger partial charge in [0.15, 0.2) is 0 Å². The van der Waals surface area contributed by atoms with Crippen molar-refractivity contribution in [2.75, 3.05) is 0 Å². The maximum atomic E-state index is 11.0. The molecule has 0 atom stereocenters. The van der Waals surface area contributed by atoms with Crippen LogP contribution < -0.4 is 0 Å². The molecule has 0 unspecified atom stereocenters. The van der Waals surface area contributed by atoms with Crippen molar-refractivity contribution in [1.82, 2.24) is 4.98 Å². The normalized spacial score (nSPS) is 13.5. The van der Waals surface area contributed by atoms with Crippen LogP contribution in [0.25, 0.3) is 32.3 Å². The molecule has 5 aromatic rings. The van der Waals surface area contributed by atoms with Gasteiger partial charge in [-0.1, -0.05) is 60.7 Å². The standard InChI is InChI=1S/C18H16.C9H7NO3S/c1-3-7-15-13(5-1)9-11-18-16-8-4-2-6-14(16)10-12-17(15)18;11-14(12,13)9-3-1-2-7-6-10-5-4-8(7)9/h1,3,5,7,9-12H,2,4,6,8H2;1-6H,(H,11,12,13). The quantitative estimate of drug-likeness (QED) is 0.243. The zero-order chi connectivity index (χ0) is 22.1. The van der Waals surface area contributed by atoms with E-state index >= 15 is 0 Å². The summed E-state index contributed by atoms with van der Waals surface area (Å²) in [6.07, 6.45) is 8.25. The first-order valence-corrected chi connectivity index (χ1v) is 12.2. The second kappa shape index (κ2) is 8.34. The van der Waals surface area contributed by atoms with Crippen molar-refractivity contribution in [2.45, 2.75) is 30.6 Å². The van der Waals surface area contributed by atoms with Crippen molar-refractivity contribution in [1.29, 1.82) is 0 Å². The zero-order valence-electron chi connectivity index (χ0n) is 17.5. The zero-order valence-corrected chi connectivity index (χ0v) is 18.3. The Labute approximate surface area is 187 Å². The van der Waals surface area contributed by atoms with Gasteiger partial charge in [0, 0.05) is 23.2 Å². The SMILES string of the molecule is O=S(=O)(O)c1cccc2cnccc12.c1ccc2c(c1)ccc1c3c(ccc12)CCCC3. The van der Waals surface area contributed by atoms with Gasteiger partial charge < -0.3 is 0 Å². The third-order valence-electron chi connectivity index (χ3n) is 6.18. The van der Waals surface area contributed by atoms with E-state index in [0.717, 1.165) is 0 Å². The molecule has 4 nitrogen and oxygen atoms in total. The van der Waals surface area contributed by atoms with E-state index in [0.29, 0.717) is 10.8 Å². The Morgan fingerprint density at radius 3 is 2.34 bits per heavy atom. The molecule has 0 saturated heterocycles. The summed E-state index contributed by atoms with van der Waals surface area (Å²) >= 11 is 0. The predicted molar refractivity (Wildman–Crippen MR) is 130 cm³/mol. The van der Waals surface area contributed by atoms with Crippen LogP contribution in [0.2, 0.25) is 0 Å². The number of rotatable bonds is 1. The number of aryl methyl sites for hydroxylation is 2. The average molecular weight is 442 g/mol. The summed E-state index contributed by atoms with van der Waals surface area (Å²) in [7, 11) is -4.16. The molecule has 0 bridgehead atoms. The fourth-order valence-corrected chi connectivity index (χ4v) is 5.37. The number of benzene rings is 4. The summed E-state index contributed by atoms with van der Waals surface area (Å²) in [5.74, 6) is 0. The van der Waals surface area contributed by atoms with Crippen LogP contribution >= 0.6 is 0 Å². The van der Waals surface area contributed by atoms with Gasteiger partial charge in [-0.15, -0.1) is 0 Å². The van der Waals surface area contributed by atoms with Crippen LogP contribution in [0.1, 0.15) is 24.0 Å². The van der Waals surface area contributed by atoms with Crippen molar-refractivity contribution < 1.29 is 13.0 Å². The molecule has 1 aliphatic carbocycles. The highest BCUT2D eigenvalue weighted by Gasteiger charge is 2.14. The van der Waals surface area contributed by atoms with E-state index in [4.69, 9.17) is 4.55 Å². The maximum absolute atomic E-state index is 11.0. The molecular weight excluding hydrogens is 418 g/mol. The second-order valence-electron chi connectivity index (χ2n) is 8.12. The summed E-state index contributed by atoms with van der Waals surface area (Å²) in [4.78, 5) is 3.77. The van der Waals surface area contributed by atoms with Crippen LogP contribution in [0.4, 0.5) is 0 Å². The number of aromatic nitrogens is 1. The van der Waals surface area contributed by atoms with E-state index in [1.54, 1.807) is 35.5 Å². The van der Waals surface area contributed by atoms with Crippen LogP contribution in [-0.4, -0.2) is 18.0 Å². The molecule has 6 rings (SSSR count). The molecule has 0 amide bonds. The molecule has 4 aromatic carbocycles. The molecule has 0 spiro atoms. The van der Waals surface area contributed by atoms with Gasteiger partial charge in [0.2, 0.25) is 0 Å². The number of nitrogens with zero attached hydrogens (tertiary/aromatic N) is 1. The van der Waals surface area contributed by atoms with E-state index in [1.165, 1.54) is 59.5 Å². The van der Waals surface area contributed by atoms with Gasteiger partial charge in [0.25, 0.3) is 10.1 Å². The van der Waals surface area contributed by atoms with Gasteiger partial charge in [0.05, 0.1) is 0 Å². The highest BCUT2D eigenvalue weighted by molar-refractivity contribution is 7.86. The minimum absolute atomic E-state index is 0.0857. The van der Waals surface area contributed by atoms with Crippen LogP contribution in [0.5, 0.6) is 0 Å². The lowest BCUT2D eigenvalue weighted by Gasteiger charge is -2.18. The summed E-state index contributed by atoms with van der Waals surface area (Å²) < 4.78 is 30.9. The Bertz CT molecular complexity index is 1550. The first-order chi connectivity index (χ1) is 15.5. The van der Waals surface area contributed by atoms with Gasteiger partial charge in [-0.3, -0.25) is 9.54 Å². The topological polar surface area (TPSA) is 67.3 Å². The fraction of sp³-hybridized carbons (Fsp3) is 0.148. The van der Waals surface area contributed by atoms with Crippen molar-refractivity contribution in [2.24, 2.45) is 0 Å². The highest BCUT2D eigenvalue weighted by Crippen LogP contribution is 2.33. The molecule has 0 aliphatic heterocycles. The first-order valence-electron chi connectivity index (χ1n) is 10.7. The van der Waals surface area contributed by atoms with Crippen LogP contribution in [0.15, 0.2) is 90.1 Å². The minimum atomic E-state index is -4.16. The Kier molecular flexibility index (Phi) is 5.37. The Morgan fingerprint density at radius 1 is 0.688 bits per heavy atom. The lowest BCUT2D eigenvalue weighted by atomic mass is 9.86. The summed E-state index contributed by atoms with van der Waals surface area (Å²) in [5, 5.41) is 6.80. The molecule has 1 heterocycles. The number of hydrogen-bond donors (Lipinski definition) is 1. The minimum Gasteiger partial charge on any atom is -0.282 e. The predicted octanol–water partition coefficient (Wildman–Crippen LogP) is 6.35. The second-order valence-corrected chi connectivity index (χ2v) is 9.51. The molecule has 0 fully saturated rings. The van der Waals surface area contributed by atoms with Crippen LogP contribution in [0, 0.1) is 0 Å². The van der Waals surface area contributed by atoms with Crippen LogP contribution in [-0.2, 0) is 23.0 Å². The average Bonchev–Trinajstić information content (AvgIpc) is 2.83. The lowest BCUT2D eigenvalue weighted by molar-refractivity contribution is 0.484. The monoisotopic (exact) mass is 441 g/mol. The lowest BCUT2D eigenvalue weighted by Crippen LogP contribution is -2.02. The largest absolute Gasteiger partial charge is 0.295 e. The van der Waals surface area contributed by atoms with Crippen LogP contribution in [0.3, 0.4) is 0 Å². The Morgan fingerprint density at radius 2 is 1.47 bits per heavy atom. The van der Waals surface area contributed by atoms with E-state index in [1.807, 2.05) is 0 Å². The third-order valence-corrected chi connectivity index (χ3v) is 7.09. The molecule has 1 aromatic heterocycles. The number of pyridine rings is 1. The molecule has 32 heavy (non-hydrogen) atoms. The highest BCUT2D eigenvalue weighted by atomic mass is 32.2. The summed E-state index contributed by atoms with van der Waals surface area (Å²) in [5.41, 5.74) is 3.17. The Balaban J connectivity index is 0.000000140. The van der Waals surface area contributed by atoms with Gasteiger partial charge in [0.1, 0.15) is 4.90 Å². The van der Waals surface area contributed by atoms with E-state index in [9.17, 15) is 8.42 Å². The van der Waals surface area contributed by atoms with E-state index in [2.05, 4.69) is 53.5 Å². The molecule has 5 heteroatoms. The Hall–Kier alpha value is -3.28. The third kappa shape index (κ3) is 3.85.